The summed E-state index contributed by atoms with van der Waals surface area (Å²) in [5.41, 5.74) is 1.76. The van der Waals surface area contributed by atoms with E-state index in [2.05, 4.69) is 31.0 Å². The van der Waals surface area contributed by atoms with E-state index in [-0.39, 0.29) is 11.7 Å². The Morgan fingerprint density at radius 3 is 2.54 bits per heavy atom. The SMILES string of the molecule is Cc1oc(C)c(C(=O)Nc2nc(-c3ccc(OC(F)F)cc3)cs2)c1Br. The molecule has 0 fully saturated rings. The predicted octanol–water partition coefficient (Wildman–Crippen LogP) is 5.64. The lowest BCUT2D eigenvalue weighted by Gasteiger charge is -2.04. The summed E-state index contributed by atoms with van der Waals surface area (Å²) in [6, 6.07) is 6.12. The zero-order valence-corrected chi connectivity index (χ0v) is 16.1. The molecule has 26 heavy (non-hydrogen) atoms. The van der Waals surface area contributed by atoms with Crippen LogP contribution in [0.1, 0.15) is 21.9 Å². The molecule has 2 heterocycles. The first kappa shape index (κ1) is 18.5. The highest BCUT2D eigenvalue weighted by Crippen LogP contribution is 2.30. The van der Waals surface area contributed by atoms with E-state index in [1.807, 2.05) is 0 Å². The van der Waals surface area contributed by atoms with E-state index in [0.29, 0.717) is 32.4 Å². The summed E-state index contributed by atoms with van der Waals surface area (Å²) in [5, 5.41) is 4.92. The molecule has 0 saturated carbocycles. The van der Waals surface area contributed by atoms with Crippen LogP contribution in [-0.4, -0.2) is 17.5 Å². The molecule has 3 rings (SSSR count). The van der Waals surface area contributed by atoms with Gasteiger partial charge in [0.2, 0.25) is 0 Å². The van der Waals surface area contributed by atoms with Crippen LogP contribution in [0.25, 0.3) is 11.3 Å². The van der Waals surface area contributed by atoms with E-state index in [9.17, 15) is 13.6 Å². The van der Waals surface area contributed by atoms with Crippen LogP contribution in [-0.2, 0) is 0 Å². The Balaban J connectivity index is 1.74. The summed E-state index contributed by atoms with van der Waals surface area (Å²) in [6.45, 7) is 0.607. The molecule has 3 aromatic rings. The summed E-state index contributed by atoms with van der Waals surface area (Å²) in [6.07, 6.45) is 0. The van der Waals surface area contributed by atoms with Crippen molar-refractivity contribution < 1.29 is 22.7 Å². The van der Waals surface area contributed by atoms with Crippen LogP contribution in [0.4, 0.5) is 13.9 Å². The average molecular weight is 443 g/mol. The first-order valence-electron chi connectivity index (χ1n) is 7.42. The molecule has 2 aromatic heterocycles. The molecule has 0 spiro atoms. The van der Waals surface area contributed by atoms with E-state index >= 15 is 0 Å². The Morgan fingerprint density at radius 2 is 1.96 bits per heavy atom. The topological polar surface area (TPSA) is 64.4 Å². The Hall–Kier alpha value is -2.26. The Labute approximate surface area is 160 Å². The van der Waals surface area contributed by atoms with Crippen molar-refractivity contribution in [1.82, 2.24) is 4.98 Å². The van der Waals surface area contributed by atoms with Crippen LogP contribution in [0, 0.1) is 13.8 Å². The van der Waals surface area contributed by atoms with Crippen LogP contribution in [0.5, 0.6) is 5.75 Å². The molecule has 1 N–H and O–H groups in total. The summed E-state index contributed by atoms with van der Waals surface area (Å²) in [5.74, 6) is 0.882. The zero-order chi connectivity index (χ0) is 18.8. The quantitative estimate of drug-likeness (QED) is 0.555. The Kier molecular flexibility index (Phi) is 5.38. The number of aromatic nitrogens is 1. The minimum absolute atomic E-state index is 0.0724. The third-order valence-corrected chi connectivity index (χ3v) is 5.23. The van der Waals surface area contributed by atoms with Crippen LogP contribution >= 0.6 is 27.3 Å². The number of aryl methyl sites for hydroxylation is 2. The van der Waals surface area contributed by atoms with Gasteiger partial charge in [0, 0.05) is 10.9 Å². The number of rotatable bonds is 5. The third-order valence-electron chi connectivity index (χ3n) is 3.51. The number of carbonyl (C=O) groups excluding carboxylic acids is 1. The first-order valence-corrected chi connectivity index (χ1v) is 9.10. The lowest BCUT2D eigenvalue weighted by Crippen LogP contribution is -2.12. The third kappa shape index (κ3) is 3.94. The molecule has 0 aliphatic heterocycles. The summed E-state index contributed by atoms with van der Waals surface area (Å²) in [7, 11) is 0. The van der Waals surface area contributed by atoms with Gasteiger partial charge in [0.15, 0.2) is 5.13 Å². The number of nitrogens with zero attached hydrogens (tertiary/aromatic N) is 1. The largest absolute Gasteiger partial charge is 0.465 e. The van der Waals surface area contributed by atoms with Crippen LogP contribution in [0.3, 0.4) is 0 Å². The molecule has 136 valence electrons. The van der Waals surface area contributed by atoms with E-state index in [1.54, 1.807) is 31.4 Å². The van der Waals surface area contributed by atoms with E-state index in [0.717, 1.165) is 5.56 Å². The molecule has 1 aromatic carbocycles. The minimum Gasteiger partial charge on any atom is -0.465 e. The molecule has 0 bridgehead atoms. The van der Waals surface area contributed by atoms with Gasteiger partial charge >= 0.3 is 6.61 Å². The molecule has 0 saturated heterocycles. The zero-order valence-electron chi connectivity index (χ0n) is 13.7. The number of amides is 1. The van der Waals surface area contributed by atoms with Crippen LogP contribution in [0.15, 0.2) is 38.5 Å². The molecular weight excluding hydrogens is 430 g/mol. The molecular formula is C17H13BrF2N2O3S. The van der Waals surface area contributed by atoms with E-state index < -0.39 is 6.61 Å². The predicted molar refractivity (Wildman–Crippen MR) is 98.0 cm³/mol. The van der Waals surface area contributed by atoms with Crippen molar-refractivity contribution in [3.8, 4) is 17.0 Å². The van der Waals surface area contributed by atoms with Gasteiger partial charge in [-0.25, -0.2) is 4.98 Å². The summed E-state index contributed by atoms with van der Waals surface area (Å²) < 4.78 is 34.7. The fourth-order valence-electron chi connectivity index (χ4n) is 2.35. The van der Waals surface area contributed by atoms with Crippen molar-refractivity contribution in [3.05, 3.63) is 51.2 Å². The van der Waals surface area contributed by atoms with E-state index in [4.69, 9.17) is 4.42 Å². The number of halogens is 3. The number of hydrogen-bond donors (Lipinski definition) is 1. The average Bonchev–Trinajstić information content (AvgIpc) is 3.12. The Bertz CT molecular complexity index is 938. The molecule has 5 nitrogen and oxygen atoms in total. The van der Waals surface area contributed by atoms with Gasteiger partial charge in [-0.2, -0.15) is 8.78 Å². The van der Waals surface area contributed by atoms with Crippen molar-refractivity contribution in [2.75, 3.05) is 5.32 Å². The van der Waals surface area contributed by atoms with Gasteiger partial charge in [0.25, 0.3) is 5.91 Å². The lowest BCUT2D eigenvalue weighted by atomic mass is 10.2. The van der Waals surface area contributed by atoms with Gasteiger partial charge in [0.05, 0.1) is 15.7 Å². The monoisotopic (exact) mass is 442 g/mol. The standard InChI is InChI=1S/C17H13BrF2N2O3S/c1-8-13(14(18)9(2)24-8)15(23)22-17-21-12(7-26-17)10-3-5-11(6-4-10)25-16(19)20/h3-7,16H,1-2H3,(H,21,22,23). The summed E-state index contributed by atoms with van der Waals surface area (Å²) >= 11 is 4.60. The van der Waals surface area contributed by atoms with Crippen molar-refractivity contribution in [3.63, 3.8) is 0 Å². The maximum Gasteiger partial charge on any atom is 0.387 e. The lowest BCUT2D eigenvalue weighted by molar-refractivity contribution is -0.0498. The number of thiazole rings is 1. The van der Waals surface area contributed by atoms with Gasteiger partial charge in [-0.3, -0.25) is 10.1 Å². The molecule has 0 aliphatic rings. The number of nitrogens with one attached hydrogen (secondary N) is 1. The minimum atomic E-state index is -2.86. The maximum absolute atomic E-state index is 12.4. The maximum atomic E-state index is 12.4. The summed E-state index contributed by atoms with van der Waals surface area (Å²) in [4.78, 5) is 16.8. The molecule has 0 aliphatic carbocycles. The number of furan rings is 1. The number of anilines is 1. The number of ether oxygens (including phenoxy) is 1. The fraction of sp³-hybridized carbons (Fsp3) is 0.176. The van der Waals surface area contributed by atoms with Gasteiger partial charge < -0.3 is 9.15 Å². The fourth-order valence-corrected chi connectivity index (χ4v) is 3.60. The second kappa shape index (κ2) is 7.55. The van der Waals surface area contributed by atoms with Crippen molar-refractivity contribution >= 4 is 38.3 Å². The van der Waals surface area contributed by atoms with Crippen LogP contribution < -0.4 is 10.1 Å². The van der Waals surface area contributed by atoms with E-state index in [1.165, 1.54) is 23.5 Å². The molecule has 9 heteroatoms. The number of alkyl halides is 2. The van der Waals surface area contributed by atoms with Crippen LogP contribution in [0.2, 0.25) is 0 Å². The normalized spacial score (nSPS) is 11.0. The number of hydrogen-bond acceptors (Lipinski definition) is 5. The second-order valence-corrected chi connectivity index (χ2v) is 6.95. The van der Waals surface area contributed by atoms with Gasteiger partial charge in [-0.05, 0) is 54.0 Å². The highest BCUT2D eigenvalue weighted by atomic mass is 79.9. The molecule has 0 unspecified atom stereocenters. The van der Waals surface area contributed by atoms with Crippen molar-refractivity contribution in [2.45, 2.75) is 20.5 Å². The highest BCUT2D eigenvalue weighted by molar-refractivity contribution is 9.10. The molecule has 1 amide bonds. The second-order valence-electron chi connectivity index (χ2n) is 5.30. The smallest absolute Gasteiger partial charge is 0.387 e. The van der Waals surface area contributed by atoms with Gasteiger partial charge in [-0.1, -0.05) is 0 Å². The number of benzene rings is 1. The first-order chi connectivity index (χ1) is 12.3. The Morgan fingerprint density at radius 1 is 1.27 bits per heavy atom. The molecule has 0 radical (unpaired) electrons. The van der Waals surface area contributed by atoms with Gasteiger partial charge in [0.1, 0.15) is 17.3 Å². The number of carbonyl (C=O) groups is 1. The van der Waals surface area contributed by atoms with Gasteiger partial charge in [-0.15, -0.1) is 11.3 Å². The van der Waals surface area contributed by atoms with Crippen molar-refractivity contribution in [1.29, 1.82) is 0 Å². The molecule has 0 atom stereocenters. The van der Waals surface area contributed by atoms with Crippen molar-refractivity contribution in [2.24, 2.45) is 0 Å². The highest BCUT2D eigenvalue weighted by Gasteiger charge is 2.20.